The van der Waals surface area contributed by atoms with Gasteiger partial charge in [0, 0.05) is 44.8 Å². The molecule has 0 unspecified atom stereocenters. The number of ether oxygens (including phenoxy) is 1. The molecule has 0 saturated carbocycles. The molecule has 1 N–H and O–H groups in total. The van der Waals surface area contributed by atoms with Crippen molar-refractivity contribution in [2.75, 3.05) is 44.6 Å². The van der Waals surface area contributed by atoms with Gasteiger partial charge in [0.05, 0.1) is 18.4 Å². The Hall–Kier alpha value is -3.29. The molecule has 0 aliphatic carbocycles. The number of hydrogen-bond donors (Lipinski definition) is 1. The van der Waals surface area contributed by atoms with Crippen molar-refractivity contribution in [3.63, 3.8) is 0 Å². The van der Waals surface area contributed by atoms with Crippen LogP contribution in [0.4, 0.5) is 5.69 Å². The molecule has 1 aliphatic heterocycles. The van der Waals surface area contributed by atoms with E-state index < -0.39 is 0 Å². The van der Waals surface area contributed by atoms with E-state index >= 15 is 0 Å². The lowest BCUT2D eigenvalue weighted by Crippen LogP contribution is -2.50. The molecule has 1 aliphatic rings. The van der Waals surface area contributed by atoms with Crippen molar-refractivity contribution < 1.29 is 23.5 Å². The van der Waals surface area contributed by atoms with Crippen LogP contribution in [0, 0.1) is 0 Å². The minimum absolute atomic E-state index is 0.0470. The third-order valence-electron chi connectivity index (χ3n) is 4.72. The monoisotopic (exact) mass is 399 g/mol. The fourth-order valence-corrected chi connectivity index (χ4v) is 3.13. The molecule has 0 radical (unpaired) electrons. The first kappa shape index (κ1) is 20.4. The fourth-order valence-electron chi connectivity index (χ4n) is 3.13. The highest BCUT2D eigenvalue weighted by atomic mass is 16.5. The fraction of sp³-hybridized carbons (Fsp3) is 0.381. The molecule has 8 heteroatoms. The molecule has 3 rings (SSSR count). The number of rotatable bonds is 7. The van der Waals surface area contributed by atoms with Crippen molar-refractivity contribution in [1.82, 2.24) is 9.80 Å². The smallest absolute Gasteiger partial charge is 0.338 e. The summed E-state index contributed by atoms with van der Waals surface area (Å²) in [5.41, 5.74) is 1.33. The number of carbonyl (C=O) groups excluding carboxylic acids is 3. The van der Waals surface area contributed by atoms with Gasteiger partial charge in [0.1, 0.15) is 0 Å². The summed E-state index contributed by atoms with van der Waals surface area (Å²) in [6, 6.07) is 10.3. The van der Waals surface area contributed by atoms with Crippen LogP contribution in [0.25, 0.3) is 0 Å². The quantitative estimate of drug-likeness (QED) is 0.718. The third kappa shape index (κ3) is 5.37. The van der Waals surface area contributed by atoms with Crippen LogP contribution in [0.5, 0.6) is 0 Å². The maximum atomic E-state index is 12.4. The number of hydrogen-bond acceptors (Lipinski definition) is 6. The molecule has 8 nitrogen and oxygen atoms in total. The normalized spacial score (nSPS) is 13.8. The van der Waals surface area contributed by atoms with Crippen molar-refractivity contribution in [3.8, 4) is 0 Å². The van der Waals surface area contributed by atoms with E-state index in [1.165, 1.54) is 6.26 Å². The Kier molecular flexibility index (Phi) is 6.89. The Morgan fingerprint density at radius 3 is 2.34 bits per heavy atom. The summed E-state index contributed by atoms with van der Waals surface area (Å²) in [7, 11) is 0. The van der Waals surface area contributed by atoms with Gasteiger partial charge < -0.3 is 24.3 Å². The van der Waals surface area contributed by atoms with Gasteiger partial charge in [0.25, 0.3) is 5.91 Å². The number of esters is 1. The van der Waals surface area contributed by atoms with E-state index in [-0.39, 0.29) is 17.8 Å². The Bertz CT molecular complexity index is 825. The lowest BCUT2D eigenvalue weighted by Gasteiger charge is -2.34. The van der Waals surface area contributed by atoms with Crippen LogP contribution in [0.15, 0.2) is 47.1 Å². The molecule has 29 heavy (non-hydrogen) atoms. The first-order chi connectivity index (χ1) is 14.1. The summed E-state index contributed by atoms with van der Waals surface area (Å²) in [5.74, 6) is -0.123. The number of piperazine rings is 1. The summed E-state index contributed by atoms with van der Waals surface area (Å²) in [4.78, 5) is 39.8. The molecule has 0 bridgehead atoms. The lowest BCUT2D eigenvalue weighted by atomic mass is 10.2. The third-order valence-corrected chi connectivity index (χ3v) is 4.72. The molecule has 1 fully saturated rings. The molecule has 0 spiro atoms. The van der Waals surface area contributed by atoms with Crippen molar-refractivity contribution >= 4 is 23.5 Å². The van der Waals surface area contributed by atoms with Crippen LogP contribution in [-0.4, -0.2) is 66.9 Å². The van der Waals surface area contributed by atoms with E-state index in [0.29, 0.717) is 57.1 Å². The first-order valence-corrected chi connectivity index (χ1v) is 9.70. The minimum Gasteiger partial charge on any atom is -0.462 e. The van der Waals surface area contributed by atoms with Gasteiger partial charge in [-0.25, -0.2) is 4.79 Å². The largest absolute Gasteiger partial charge is 0.462 e. The maximum absolute atomic E-state index is 12.4. The Morgan fingerprint density at radius 1 is 1.03 bits per heavy atom. The van der Waals surface area contributed by atoms with E-state index in [1.807, 2.05) is 0 Å². The summed E-state index contributed by atoms with van der Waals surface area (Å²) < 4.78 is 10.1. The molecular weight excluding hydrogens is 374 g/mol. The second-order valence-corrected chi connectivity index (χ2v) is 6.62. The Labute approximate surface area is 169 Å². The van der Waals surface area contributed by atoms with Gasteiger partial charge in [-0.2, -0.15) is 0 Å². The average molecular weight is 399 g/mol. The van der Waals surface area contributed by atoms with E-state index in [9.17, 15) is 14.4 Å². The molecule has 154 valence electrons. The van der Waals surface area contributed by atoms with Crippen molar-refractivity contribution in [1.29, 1.82) is 0 Å². The van der Waals surface area contributed by atoms with Crippen LogP contribution in [-0.2, 0) is 9.53 Å². The summed E-state index contributed by atoms with van der Waals surface area (Å²) in [6.07, 6.45) is 1.83. The van der Waals surface area contributed by atoms with Gasteiger partial charge in [-0.05, 0) is 43.3 Å². The zero-order chi connectivity index (χ0) is 20.6. The van der Waals surface area contributed by atoms with Crippen LogP contribution in [0.3, 0.4) is 0 Å². The Balaban J connectivity index is 1.39. The van der Waals surface area contributed by atoms with E-state index in [1.54, 1.807) is 53.1 Å². The van der Waals surface area contributed by atoms with Crippen LogP contribution in [0.1, 0.15) is 34.3 Å². The molecule has 2 aromatic rings. The minimum atomic E-state index is -0.348. The lowest BCUT2D eigenvalue weighted by molar-refractivity contribution is -0.132. The zero-order valence-electron chi connectivity index (χ0n) is 16.4. The molecule has 0 atom stereocenters. The maximum Gasteiger partial charge on any atom is 0.338 e. The molecule has 1 aromatic carbocycles. The summed E-state index contributed by atoms with van der Waals surface area (Å²) in [6.45, 7) is 4.61. The van der Waals surface area contributed by atoms with Crippen molar-refractivity contribution in [2.24, 2.45) is 0 Å². The average Bonchev–Trinajstić information content (AvgIpc) is 3.29. The first-order valence-electron chi connectivity index (χ1n) is 9.70. The van der Waals surface area contributed by atoms with Crippen LogP contribution in [0.2, 0.25) is 0 Å². The second-order valence-electron chi connectivity index (χ2n) is 6.62. The SMILES string of the molecule is CCOC(=O)c1ccc(NCCC(=O)N2CCN(C(=O)c3ccco3)CC2)cc1. The second kappa shape index (κ2) is 9.77. The number of benzene rings is 1. The van der Waals surface area contributed by atoms with Gasteiger partial charge in [-0.1, -0.05) is 0 Å². The molecule has 1 aromatic heterocycles. The van der Waals surface area contributed by atoms with E-state index in [2.05, 4.69) is 5.32 Å². The van der Waals surface area contributed by atoms with Crippen LogP contribution >= 0.6 is 0 Å². The van der Waals surface area contributed by atoms with Gasteiger partial charge in [0.2, 0.25) is 5.91 Å². The molecule has 2 amide bonds. The number of nitrogens with one attached hydrogen (secondary N) is 1. The predicted octanol–water partition coefficient (Wildman–Crippen LogP) is 2.24. The Morgan fingerprint density at radius 2 is 1.72 bits per heavy atom. The van der Waals surface area contributed by atoms with Gasteiger partial charge >= 0.3 is 5.97 Å². The molecule has 2 heterocycles. The summed E-state index contributed by atoms with van der Waals surface area (Å²) in [5, 5.41) is 3.18. The highest BCUT2D eigenvalue weighted by Gasteiger charge is 2.25. The number of anilines is 1. The van der Waals surface area contributed by atoms with Crippen LogP contribution < -0.4 is 5.32 Å². The van der Waals surface area contributed by atoms with Gasteiger partial charge in [-0.3, -0.25) is 9.59 Å². The predicted molar refractivity (Wildman–Crippen MR) is 107 cm³/mol. The molecular formula is C21H25N3O5. The number of nitrogens with zero attached hydrogens (tertiary/aromatic N) is 2. The van der Waals surface area contributed by atoms with Crippen molar-refractivity contribution in [3.05, 3.63) is 54.0 Å². The standard InChI is InChI=1S/C21H25N3O5/c1-2-28-21(27)16-5-7-17(8-6-16)22-10-9-19(25)23-11-13-24(14-12-23)20(26)18-4-3-15-29-18/h3-8,15,22H,2,9-14H2,1H3. The van der Waals surface area contributed by atoms with Gasteiger partial charge in [-0.15, -0.1) is 0 Å². The molecule has 1 saturated heterocycles. The highest BCUT2D eigenvalue weighted by molar-refractivity contribution is 5.91. The number of furan rings is 1. The van der Waals surface area contributed by atoms with Crippen molar-refractivity contribution in [2.45, 2.75) is 13.3 Å². The topological polar surface area (TPSA) is 92.1 Å². The van der Waals surface area contributed by atoms with E-state index in [0.717, 1.165) is 5.69 Å². The van der Waals surface area contributed by atoms with E-state index in [4.69, 9.17) is 9.15 Å². The summed E-state index contributed by atoms with van der Waals surface area (Å²) >= 11 is 0. The number of amides is 2. The zero-order valence-corrected chi connectivity index (χ0v) is 16.4. The number of carbonyl (C=O) groups is 3. The highest BCUT2D eigenvalue weighted by Crippen LogP contribution is 2.12. The van der Waals surface area contributed by atoms with Gasteiger partial charge in [0.15, 0.2) is 5.76 Å².